The zero-order valence-electron chi connectivity index (χ0n) is 25.0. The fourth-order valence-electron chi connectivity index (χ4n) is 7.49. The van der Waals surface area contributed by atoms with E-state index >= 15 is 0 Å². The van der Waals surface area contributed by atoms with Crippen LogP contribution >= 0.6 is 0 Å². The Morgan fingerprint density at radius 1 is 0.447 bits per heavy atom. The molecule has 0 amide bonds. The van der Waals surface area contributed by atoms with Crippen molar-refractivity contribution in [2.24, 2.45) is 0 Å². The van der Waals surface area contributed by atoms with Crippen molar-refractivity contribution < 1.29 is 13.9 Å². The Morgan fingerprint density at radius 2 is 1.11 bits per heavy atom. The highest BCUT2D eigenvalue weighted by molar-refractivity contribution is 6.16. The van der Waals surface area contributed by atoms with Crippen LogP contribution in [0.3, 0.4) is 0 Å². The second-order valence-corrected chi connectivity index (χ2v) is 12.1. The van der Waals surface area contributed by atoms with Gasteiger partial charge in [0.2, 0.25) is 0 Å². The number of nitrogens with zero attached hydrogens (tertiary/aromatic N) is 2. The molecule has 0 atom stereocenters. The van der Waals surface area contributed by atoms with Crippen LogP contribution in [0.15, 0.2) is 150 Å². The van der Waals surface area contributed by atoms with Gasteiger partial charge in [0.25, 0.3) is 0 Å². The van der Waals surface area contributed by atoms with E-state index < -0.39 is 0 Å². The summed E-state index contributed by atoms with van der Waals surface area (Å²) in [5, 5.41) is 4.46. The SMILES string of the molecule is c1ccc(-c2ccc(N(c3ccc4c(c3)oc3ccccc34)c3ccc4c5cccc6c5n5c4c3Oc3cccc(c3-5)O6)cc2)cc1. The summed E-state index contributed by atoms with van der Waals surface area (Å²) in [4.78, 5) is 2.27. The first-order valence-corrected chi connectivity index (χ1v) is 15.8. The van der Waals surface area contributed by atoms with Crippen molar-refractivity contribution in [1.29, 1.82) is 0 Å². The number of anilines is 3. The van der Waals surface area contributed by atoms with Crippen molar-refractivity contribution in [1.82, 2.24) is 4.57 Å². The van der Waals surface area contributed by atoms with Crippen LogP contribution in [-0.4, -0.2) is 4.57 Å². The highest BCUT2D eigenvalue weighted by atomic mass is 16.5. The van der Waals surface area contributed by atoms with E-state index in [-0.39, 0.29) is 0 Å². The molecule has 9 aromatic rings. The quantitative estimate of drug-likeness (QED) is 0.200. The Hall–Kier alpha value is -6.46. The lowest BCUT2D eigenvalue weighted by molar-refractivity contribution is 0.444. The zero-order chi connectivity index (χ0) is 30.6. The van der Waals surface area contributed by atoms with Crippen molar-refractivity contribution in [2.45, 2.75) is 0 Å². The molecule has 11 rings (SSSR count). The number of benzene rings is 7. The Kier molecular flexibility index (Phi) is 4.78. The van der Waals surface area contributed by atoms with Gasteiger partial charge in [-0.2, -0.15) is 0 Å². The topological polar surface area (TPSA) is 39.8 Å². The lowest BCUT2D eigenvalue weighted by Gasteiger charge is -2.31. The van der Waals surface area contributed by atoms with Crippen LogP contribution in [-0.2, 0) is 0 Å². The maximum Gasteiger partial charge on any atom is 0.176 e. The smallest absolute Gasteiger partial charge is 0.176 e. The van der Waals surface area contributed by atoms with Gasteiger partial charge in [0, 0.05) is 33.3 Å². The van der Waals surface area contributed by atoms with Gasteiger partial charge in [-0.1, -0.05) is 78.9 Å². The van der Waals surface area contributed by atoms with Crippen LogP contribution in [0.2, 0.25) is 0 Å². The van der Waals surface area contributed by atoms with Gasteiger partial charge in [-0.25, -0.2) is 0 Å². The predicted octanol–water partition coefficient (Wildman–Crippen LogP) is 12.0. The molecule has 7 aromatic carbocycles. The van der Waals surface area contributed by atoms with Crippen molar-refractivity contribution in [3.8, 4) is 39.8 Å². The van der Waals surface area contributed by atoms with Crippen molar-refractivity contribution >= 4 is 60.8 Å². The third-order valence-corrected chi connectivity index (χ3v) is 9.56. The highest BCUT2D eigenvalue weighted by Crippen LogP contribution is 2.57. The summed E-state index contributed by atoms with van der Waals surface area (Å²) >= 11 is 0. The molecule has 0 N–H and O–H groups in total. The molecule has 0 saturated carbocycles. The maximum atomic E-state index is 6.91. The van der Waals surface area contributed by atoms with E-state index in [1.54, 1.807) is 0 Å². The molecule has 5 nitrogen and oxygen atoms in total. The molecule has 220 valence electrons. The molecule has 0 bridgehead atoms. The Bertz CT molecular complexity index is 2740. The third-order valence-electron chi connectivity index (χ3n) is 9.56. The van der Waals surface area contributed by atoms with Crippen LogP contribution in [0.25, 0.3) is 60.6 Å². The second kappa shape index (κ2) is 9.05. The fraction of sp³-hybridized carbons (Fsp3) is 0. The van der Waals surface area contributed by atoms with E-state index in [1.807, 2.05) is 42.5 Å². The number of aromatic nitrogens is 1. The van der Waals surface area contributed by atoms with E-state index in [4.69, 9.17) is 13.9 Å². The molecule has 0 unspecified atom stereocenters. The summed E-state index contributed by atoms with van der Waals surface area (Å²) in [6, 6.07) is 50.5. The third kappa shape index (κ3) is 3.37. The van der Waals surface area contributed by atoms with E-state index in [9.17, 15) is 0 Å². The van der Waals surface area contributed by atoms with Gasteiger partial charge < -0.3 is 18.8 Å². The van der Waals surface area contributed by atoms with Crippen LogP contribution in [0.4, 0.5) is 17.1 Å². The molecule has 2 aromatic heterocycles. The molecule has 0 spiro atoms. The van der Waals surface area contributed by atoms with Crippen molar-refractivity contribution in [3.05, 3.63) is 146 Å². The molecule has 5 heteroatoms. The number of hydrogen-bond donors (Lipinski definition) is 0. The normalized spacial score (nSPS) is 12.6. The maximum absolute atomic E-state index is 6.91. The fourth-order valence-corrected chi connectivity index (χ4v) is 7.49. The lowest BCUT2D eigenvalue weighted by atomic mass is 10.0. The average molecular weight is 605 g/mol. The van der Waals surface area contributed by atoms with Gasteiger partial charge in [0.15, 0.2) is 23.0 Å². The highest BCUT2D eigenvalue weighted by Gasteiger charge is 2.34. The average Bonchev–Trinajstić information content (AvgIpc) is 3.67. The molecule has 2 aliphatic rings. The number of fused-ring (bicyclic) bond motifs is 4. The summed E-state index contributed by atoms with van der Waals surface area (Å²) in [6.07, 6.45) is 0. The van der Waals surface area contributed by atoms with Crippen LogP contribution in [0.5, 0.6) is 23.0 Å². The molecular weight excluding hydrogens is 580 g/mol. The number of hydrogen-bond acceptors (Lipinski definition) is 4. The van der Waals surface area contributed by atoms with Crippen molar-refractivity contribution in [3.63, 3.8) is 0 Å². The van der Waals surface area contributed by atoms with Crippen LogP contribution in [0, 0.1) is 0 Å². The summed E-state index contributed by atoms with van der Waals surface area (Å²) < 4.78 is 22.0. The molecule has 2 aliphatic heterocycles. The number of rotatable bonds is 4. The number of para-hydroxylation sites is 3. The monoisotopic (exact) mass is 604 g/mol. The van der Waals surface area contributed by atoms with Gasteiger partial charge >= 0.3 is 0 Å². The van der Waals surface area contributed by atoms with E-state index in [0.29, 0.717) is 0 Å². The Labute approximate surface area is 269 Å². The lowest BCUT2D eigenvalue weighted by Crippen LogP contribution is -2.14. The first-order chi connectivity index (χ1) is 23.3. The Morgan fingerprint density at radius 3 is 2.00 bits per heavy atom. The van der Waals surface area contributed by atoms with E-state index in [2.05, 4.69) is 113 Å². The first kappa shape index (κ1) is 24.8. The number of ether oxygens (including phenoxy) is 2. The van der Waals surface area contributed by atoms with Gasteiger partial charge in [-0.05, 0) is 71.8 Å². The molecule has 47 heavy (non-hydrogen) atoms. The first-order valence-electron chi connectivity index (χ1n) is 15.8. The molecule has 4 heterocycles. The predicted molar refractivity (Wildman–Crippen MR) is 188 cm³/mol. The van der Waals surface area contributed by atoms with Gasteiger partial charge in [-0.15, -0.1) is 0 Å². The van der Waals surface area contributed by atoms with Gasteiger partial charge in [0.05, 0.1) is 22.4 Å². The minimum absolute atomic E-state index is 0.767. The summed E-state index contributed by atoms with van der Waals surface area (Å²) in [6.45, 7) is 0. The number of furan rings is 1. The molecular formula is C42H24N2O3. The van der Waals surface area contributed by atoms with Crippen molar-refractivity contribution in [2.75, 3.05) is 4.90 Å². The van der Waals surface area contributed by atoms with Gasteiger partial charge in [0.1, 0.15) is 16.9 Å². The van der Waals surface area contributed by atoms with Crippen LogP contribution in [0.1, 0.15) is 0 Å². The largest absolute Gasteiger partial charge is 0.456 e. The minimum atomic E-state index is 0.767. The van der Waals surface area contributed by atoms with Crippen LogP contribution < -0.4 is 14.4 Å². The van der Waals surface area contributed by atoms with E-state index in [1.165, 1.54) is 5.56 Å². The van der Waals surface area contributed by atoms with Gasteiger partial charge in [-0.3, -0.25) is 4.57 Å². The summed E-state index contributed by atoms with van der Waals surface area (Å²) in [7, 11) is 0. The Balaban J connectivity index is 1.19. The minimum Gasteiger partial charge on any atom is -0.456 e. The van der Waals surface area contributed by atoms with E-state index in [0.717, 1.165) is 95.1 Å². The second-order valence-electron chi connectivity index (χ2n) is 12.1. The molecule has 0 aliphatic carbocycles. The zero-order valence-corrected chi connectivity index (χ0v) is 25.0. The molecule has 0 fully saturated rings. The molecule has 0 saturated heterocycles. The summed E-state index contributed by atoms with van der Waals surface area (Å²) in [5.74, 6) is 3.21. The summed E-state index contributed by atoms with van der Waals surface area (Å²) in [5.41, 5.74) is 10.0. The molecule has 0 radical (unpaired) electrons. The standard InChI is InChI=1S/C42H24N2O3/c1-2-8-25(9-3-1)26-16-18-27(19-17-26)43(28-20-21-30-29-10-4-5-12-34(29)45-38(30)24-28)33-23-22-32-31-11-6-13-35-39(31)44-40(32)42(33)47-37-15-7-14-36(46-35)41(37)44/h1-24H.